The molecule has 1 aromatic carbocycles. The van der Waals surface area contributed by atoms with Gasteiger partial charge in [0.2, 0.25) is 0 Å². The van der Waals surface area contributed by atoms with Crippen LogP contribution >= 0.6 is 45.8 Å². The van der Waals surface area contributed by atoms with E-state index < -0.39 is 0 Å². The topological polar surface area (TPSA) is 37.8 Å². The number of nitrogens with one attached hydrogen (secondary N) is 1. The zero-order valence-electron chi connectivity index (χ0n) is 10.5. The average Bonchev–Trinajstić information content (AvgIpc) is 2.38. The Hall–Kier alpha value is -0.590. The van der Waals surface area contributed by atoms with Crippen LogP contribution in [0.2, 0.25) is 10.0 Å². The Morgan fingerprint density at radius 2 is 2.00 bits per heavy atom. The van der Waals surface area contributed by atoms with Crippen LogP contribution in [0.4, 0.5) is 5.82 Å². The van der Waals surface area contributed by atoms with Crippen molar-refractivity contribution in [2.75, 3.05) is 11.9 Å². The first-order valence-corrected chi connectivity index (χ1v) is 7.59. The average molecular weight is 408 g/mol. The van der Waals surface area contributed by atoms with Gasteiger partial charge in [-0.3, -0.25) is 0 Å². The van der Waals surface area contributed by atoms with Gasteiger partial charge in [-0.05, 0) is 54.6 Å². The standard InChI is InChI=1S/C13H12Cl2IN3/c1-3-17-13-11(16)7(2)18-12(19-13)9-6-8(14)4-5-10(9)15/h4-6H,3H2,1-2H3,(H,17,18,19). The molecule has 1 N–H and O–H groups in total. The van der Waals surface area contributed by atoms with Crippen LogP contribution in [0.5, 0.6) is 0 Å². The van der Waals surface area contributed by atoms with Crippen molar-refractivity contribution in [2.24, 2.45) is 0 Å². The van der Waals surface area contributed by atoms with E-state index >= 15 is 0 Å². The van der Waals surface area contributed by atoms with Crippen molar-refractivity contribution in [1.29, 1.82) is 0 Å². The maximum Gasteiger partial charge on any atom is 0.163 e. The molecule has 2 aromatic rings. The predicted molar refractivity (Wildman–Crippen MR) is 89.1 cm³/mol. The maximum atomic E-state index is 6.19. The van der Waals surface area contributed by atoms with Crippen molar-refractivity contribution in [2.45, 2.75) is 13.8 Å². The van der Waals surface area contributed by atoms with Gasteiger partial charge in [0.15, 0.2) is 5.82 Å². The molecule has 19 heavy (non-hydrogen) atoms. The highest BCUT2D eigenvalue weighted by molar-refractivity contribution is 14.1. The molecule has 0 spiro atoms. The summed E-state index contributed by atoms with van der Waals surface area (Å²) >= 11 is 14.4. The highest BCUT2D eigenvalue weighted by atomic mass is 127. The lowest BCUT2D eigenvalue weighted by Crippen LogP contribution is -2.06. The van der Waals surface area contributed by atoms with Gasteiger partial charge in [0.1, 0.15) is 5.82 Å². The van der Waals surface area contributed by atoms with E-state index in [9.17, 15) is 0 Å². The van der Waals surface area contributed by atoms with Crippen LogP contribution in [0.25, 0.3) is 11.4 Å². The van der Waals surface area contributed by atoms with Crippen molar-refractivity contribution >= 4 is 51.6 Å². The van der Waals surface area contributed by atoms with E-state index in [0.29, 0.717) is 15.9 Å². The fourth-order valence-corrected chi connectivity index (χ4v) is 2.44. The summed E-state index contributed by atoms with van der Waals surface area (Å²) in [5, 5.41) is 4.43. The van der Waals surface area contributed by atoms with Gasteiger partial charge in [-0.25, -0.2) is 9.97 Å². The van der Waals surface area contributed by atoms with Crippen molar-refractivity contribution < 1.29 is 0 Å². The summed E-state index contributed by atoms with van der Waals surface area (Å²) < 4.78 is 1.02. The minimum Gasteiger partial charge on any atom is -0.369 e. The van der Waals surface area contributed by atoms with Gasteiger partial charge in [-0.2, -0.15) is 0 Å². The maximum absolute atomic E-state index is 6.19. The number of nitrogens with zero attached hydrogens (tertiary/aromatic N) is 2. The number of hydrogen-bond acceptors (Lipinski definition) is 3. The lowest BCUT2D eigenvalue weighted by Gasteiger charge is -2.11. The SMILES string of the molecule is CCNc1nc(-c2cc(Cl)ccc2Cl)nc(C)c1I. The summed E-state index contributed by atoms with van der Waals surface area (Å²) in [6.45, 7) is 4.78. The number of aromatic nitrogens is 2. The summed E-state index contributed by atoms with van der Waals surface area (Å²) in [4.78, 5) is 9.01. The van der Waals surface area contributed by atoms with Crippen LogP contribution in [0.1, 0.15) is 12.6 Å². The van der Waals surface area contributed by atoms with Crippen molar-refractivity contribution in [1.82, 2.24) is 9.97 Å². The first-order chi connectivity index (χ1) is 9.02. The van der Waals surface area contributed by atoms with E-state index in [2.05, 4.69) is 37.9 Å². The van der Waals surface area contributed by atoms with E-state index in [1.54, 1.807) is 18.2 Å². The largest absolute Gasteiger partial charge is 0.369 e. The molecule has 3 nitrogen and oxygen atoms in total. The Kier molecular flexibility index (Phi) is 4.86. The molecular weight excluding hydrogens is 396 g/mol. The van der Waals surface area contributed by atoms with E-state index in [0.717, 1.165) is 27.2 Å². The molecule has 2 rings (SSSR count). The molecule has 0 atom stereocenters. The van der Waals surface area contributed by atoms with Crippen LogP contribution in [0, 0.1) is 10.5 Å². The first-order valence-electron chi connectivity index (χ1n) is 5.76. The molecular formula is C13H12Cl2IN3. The first kappa shape index (κ1) is 14.8. The van der Waals surface area contributed by atoms with Gasteiger partial charge in [0, 0.05) is 17.1 Å². The lowest BCUT2D eigenvalue weighted by atomic mass is 10.2. The molecule has 6 heteroatoms. The normalized spacial score (nSPS) is 10.6. The molecule has 1 heterocycles. The molecule has 0 aliphatic carbocycles. The third-order valence-electron chi connectivity index (χ3n) is 2.53. The molecule has 0 amide bonds. The third kappa shape index (κ3) is 3.30. The van der Waals surface area contributed by atoms with Crippen molar-refractivity contribution in [3.05, 3.63) is 37.5 Å². The van der Waals surface area contributed by atoms with Gasteiger partial charge in [0.25, 0.3) is 0 Å². The monoisotopic (exact) mass is 407 g/mol. The molecule has 100 valence electrons. The van der Waals surface area contributed by atoms with E-state index in [-0.39, 0.29) is 0 Å². The van der Waals surface area contributed by atoms with Gasteiger partial charge in [-0.1, -0.05) is 23.2 Å². The zero-order valence-corrected chi connectivity index (χ0v) is 14.1. The molecule has 0 saturated heterocycles. The van der Waals surface area contributed by atoms with Gasteiger partial charge >= 0.3 is 0 Å². The minimum absolute atomic E-state index is 0.585. The highest BCUT2D eigenvalue weighted by Crippen LogP contribution is 2.30. The second-order valence-electron chi connectivity index (χ2n) is 3.95. The molecule has 0 aliphatic rings. The number of benzene rings is 1. The summed E-state index contributed by atoms with van der Waals surface area (Å²) in [6, 6.07) is 5.28. The fourth-order valence-electron chi connectivity index (χ4n) is 1.63. The minimum atomic E-state index is 0.585. The van der Waals surface area contributed by atoms with Crippen LogP contribution in [-0.4, -0.2) is 16.5 Å². The zero-order chi connectivity index (χ0) is 14.0. The molecule has 1 aromatic heterocycles. The van der Waals surface area contributed by atoms with Crippen molar-refractivity contribution in [3.63, 3.8) is 0 Å². The van der Waals surface area contributed by atoms with E-state index in [1.165, 1.54) is 0 Å². The Labute approximate surface area is 135 Å². The molecule has 0 saturated carbocycles. The molecule has 0 unspecified atom stereocenters. The summed E-state index contributed by atoms with van der Waals surface area (Å²) in [7, 11) is 0. The molecule has 0 fully saturated rings. The number of rotatable bonds is 3. The van der Waals surface area contributed by atoms with Crippen molar-refractivity contribution in [3.8, 4) is 11.4 Å². The van der Waals surface area contributed by atoms with Crippen LogP contribution in [0.15, 0.2) is 18.2 Å². The van der Waals surface area contributed by atoms with Gasteiger partial charge in [-0.15, -0.1) is 0 Å². The number of anilines is 1. The second-order valence-corrected chi connectivity index (χ2v) is 5.87. The summed E-state index contributed by atoms with van der Waals surface area (Å²) in [6.07, 6.45) is 0. The fraction of sp³-hybridized carbons (Fsp3) is 0.231. The Bertz CT molecular complexity index is 617. The second kappa shape index (κ2) is 6.24. The molecule has 0 aliphatic heterocycles. The number of halogens is 3. The van der Waals surface area contributed by atoms with Crippen LogP contribution in [0.3, 0.4) is 0 Å². The van der Waals surface area contributed by atoms with Gasteiger partial charge < -0.3 is 5.32 Å². The Balaban J connectivity index is 2.59. The highest BCUT2D eigenvalue weighted by Gasteiger charge is 2.13. The Morgan fingerprint density at radius 1 is 1.26 bits per heavy atom. The van der Waals surface area contributed by atoms with E-state index in [4.69, 9.17) is 23.2 Å². The number of hydrogen-bond donors (Lipinski definition) is 1. The number of aryl methyl sites for hydroxylation is 1. The van der Waals surface area contributed by atoms with Crippen LogP contribution in [-0.2, 0) is 0 Å². The smallest absolute Gasteiger partial charge is 0.163 e. The lowest BCUT2D eigenvalue weighted by molar-refractivity contribution is 1.06. The van der Waals surface area contributed by atoms with E-state index in [1.807, 2.05) is 13.8 Å². The summed E-state index contributed by atoms with van der Waals surface area (Å²) in [5.74, 6) is 1.41. The third-order valence-corrected chi connectivity index (χ3v) is 4.39. The molecule has 0 radical (unpaired) electrons. The van der Waals surface area contributed by atoms with Crippen LogP contribution < -0.4 is 5.32 Å². The predicted octanol–water partition coefficient (Wildman–Crippen LogP) is 4.80. The quantitative estimate of drug-likeness (QED) is 0.743. The van der Waals surface area contributed by atoms with Gasteiger partial charge in [0.05, 0.1) is 14.3 Å². The summed E-state index contributed by atoms with van der Waals surface area (Å²) in [5.41, 5.74) is 1.66. The Morgan fingerprint density at radius 3 is 2.68 bits per heavy atom. The molecule has 0 bridgehead atoms.